The van der Waals surface area contributed by atoms with Gasteiger partial charge >= 0.3 is 0 Å². The van der Waals surface area contributed by atoms with E-state index in [2.05, 4.69) is 5.32 Å². The number of hydrogen-bond donors (Lipinski definition) is 1. The fourth-order valence-corrected chi connectivity index (χ4v) is 2.91. The normalized spacial score (nSPS) is 10.9. The van der Waals surface area contributed by atoms with Crippen LogP contribution in [0.15, 0.2) is 42.0 Å². The van der Waals surface area contributed by atoms with Crippen LogP contribution >= 0.6 is 23.2 Å². The molecule has 0 spiro atoms. The molecule has 29 heavy (non-hydrogen) atoms. The quantitative estimate of drug-likeness (QED) is 0.424. The van der Waals surface area contributed by atoms with Crippen LogP contribution < -0.4 is 14.8 Å². The van der Waals surface area contributed by atoms with E-state index in [1.165, 1.54) is 6.08 Å². The molecule has 0 fully saturated rings. The maximum atomic E-state index is 12.1. The molecule has 5 nitrogen and oxygen atoms in total. The fourth-order valence-electron chi connectivity index (χ4n) is 2.45. The number of carbonyl (C=O) groups is 1. The summed E-state index contributed by atoms with van der Waals surface area (Å²) in [4.78, 5) is 12.1. The molecule has 0 radical (unpaired) electrons. The van der Waals surface area contributed by atoms with Crippen molar-refractivity contribution in [1.29, 1.82) is 5.26 Å². The molecule has 0 aromatic heterocycles. The molecule has 1 N–H and O–H groups in total. The van der Waals surface area contributed by atoms with Crippen LogP contribution in [-0.2, 0) is 11.4 Å². The second-order valence-electron chi connectivity index (χ2n) is 6.09. The van der Waals surface area contributed by atoms with E-state index in [9.17, 15) is 10.1 Å². The Labute approximate surface area is 180 Å². The van der Waals surface area contributed by atoms with Crippen LogP contribution in [0.25, 0.3) is 6.08 Å². The maximum Gasteiger partial charge on any atom is 0.261 e. The van der Waals surface area contributed by atoms with Crippen molar-refractivity contribution in [3.63, 3.8) is 0 Å². The molecule has 2 aromatic carbocycles. The average Bonchev–Trinajstić information content (AvgIpc) is 2.70. The molecule has 2 rings (SSSR count). The SMILES string of the molecule is CCCNC(=O)C(C#N)=Cc1ccc(OCc2ccc(Cl)cc2Cl)c(OCC)c1. The number of nitrogens with zero attached hydrogens (tertiary/aromatic N) is 1. The van der Waals surface area contributed by atoms with E-state index >= 15 is 0 Å². The summed E-state index contributed by atoms with van der Waals surface area (Å²) in [5.74, 6) is 0.645. The lowest BCUT2D eigenvalue weighted by Crippen LogP contribution is -2.25. The van der Waals surface area contributed by atoms with Gasteiger partial charge in [0.05, 0.1) is 6.61 Å². The Bertz CT molecular complexity index is 936. The molecule has 7 heteroatoms. The van der Waals surface area contributed by atoms with E-state index in [0.29, 0.717) is 40.3 Å². The average molecular weight is 433 g/mol. The summed E-state index contributed by atoms with van der Waals surface area (Å²) < 4.78 is 11.5. The van der Waals surface area contributed by atoms with Crippen LogP contribution in [-0.4, -0.2) is 19.1 Å². The minimum absolute atomic E-state index is 0.0301. The van der Waals surface area contributed by atoms with Crippen LogP contribution in [0.3, 0.4) is 0 Å². The van der Waals surface area contributed by atoms with Gasteiger partial charge in [-0.15, -0.1) is 0 Å². The minimum Gasteiger partial charge on any atom is -0.490 e. The van der Waals surface area contributed by atoms with E-state index in [1.807, 2.05) is 19.9 Å². The first kappa shape index (κ1) is 22.6. The van der Waals surface area contributed by atoms with Crippen LogP contribution in [0.4, 0.5) is 0 Å². The summed E-state index contributed by atoms with van der Waals surface area (Å²) in [5.41, 5.74) is 1.48. The predicted octanol–water partition coefficient (Wildman–Crippen LogP) is 5.40. The number of nitrogens with one attached hydrogen (secondary N) is 1. The molecule has 0 aliphatic rings. The van der Waals surface area contributed by atoms with Gasteiger partial charge in [-0.2, -0.15) is 5.26 Å². The summed E-state index contributed by atoms with van der Waals surface area (Å²) in [7, 11) is 0. The summed E-state index contributed by atoms with van der Waals surface area (Å²) in [5, 5.41) is 13.1. The number of hydrogen-bond acceptors (Lipinski definition) is 4. The van der Waals surface area contributed by atoms with Crippen LogP contribution in [0.5, 0.6) is 11.5 Å². The molecule has 0 aliphatic carbocycles. The first-order valence-electron chi connectivity index (χ1n) is 9.22. The topological polar surface area (TPSA) is 71.4 Å². The van der Waals surface area contributed by atoms with Gasteiger partial charge in [0, 0.05) is 22.2 Å². The lowest BCUT2D eigenvalue weighted by Gasteiger charge is -2.13. The van der Waals surface area contributed by atoms with Crippen LogP contribution in [0.1, 0.15) is 31.4 Å². The monoisotopic (exact) mass is 432 g/mol. The summed E-state index contributed by atoms with van der Waals surface area (Å²) in [6.07, 6.45) is 2.32. The highest BCUT2D eigenvalue weighted by Gasteiger charge is 2.11. The van der Waals surface area contributed by atoms with Crippen molar-refractivity contribution in [2.45, 2.75) is 26.9 Å². The lowest BCUT2D eigenvalue weighted by molar-refractivity contribution is -0.117. The standard InChI is InChI=1S/C22H22Cl2N2O3/c1-3-9-26-22(27)17(13-25)10-15-5-8-20(21(11-15)28-4-2)29-14-16-6-7-18(23)12-19(16)24/h5-8,10-12H,3-4,9,14H2,1-2H3,(H,26,27). The highest BCUT2D eigenvalue weighted by atomic mass is 35.5. The predicted molar refractivity (Wildman–Crippen MR) is 115 cm³/mol. The molecule has 152 valence electrons. The minimum atomic E-state index is -0.398. The van der Waals surface area contributed by atoms with Crippen molar-refractivity contribution in [1.82, 2.24) is 5.32 Å². The van der Waals surface area contributed by atoms with E-state index in [-0.39, 0.29) is 12.2 Å². The number of halogens is 2. The van der Waals surface area contributed by atoms with Crippen molar-refractivity contribution in [3.8, 4) is 17.6 Å². The van der Waals surface area contributed by atoms with Gasteiger partial charge < -0.3 is 14.8 Å². The van der Waals surface area contributed by atoms with Gasteiger partial charge in [-0.3, -0.25) is 4.79 Å². The molecule has 0 bridgehead atoms. The third-order valence-corrected chi connectivity index (χ3v) is 4.46. The summed E-state index contributed by atoms with van der Waals surface area (Å²) in [6, 6.07) is 12.4. The van der Waals surface area contributed by atoms with Gasteiger partial charge in [-0.25, -0.2) is 0 Å². The van der Waals surface area contributed by atoms with Crippen molar-refractivity contribution in [2.24, 2.45) is 0 Å². The molecule has 0 aliphatic heterocycles. The number of nitriles is 1. The Morgan fingerprint density at radius 1 is 1.14 bits per heavy atom. The van der Waals surface area contributed by atoms with Crippen molar-refractivity contribution in [3.05, 3.63) is 63.1 Å². The Balaban J connectivity index is 2.22. The van der Waals surface area contributed by atoms with E-state index in [1.54, 1.807) is 36.4 Å². The van der Waals surface area contributed by atoms with E-state index in [4.69, 9.17) is 32.7 Å². The van der Waals surface area contributed by atoms with Crippen molar-refractivity contribution < 1.29 is 14.3 Å². The smallest absolute Gasteiger partial charge is 0.261 e. The number of carbonyl (C=O) groups excluding carboxylic acids is 1. The van der Waals surface area contributed by atoms with Gasteiger partial charge in [-0.1, -0.05) is 42.3 Å². The Morgan fingerprint density at radius 3 is 2.59 bits per heavy atom. The zero-order valence-electron chi connectivity index (χ0n) is 16.3. The Morgan fingerprint density at radius 2 is 1.93 bits per heavy atom. The van der Waals surface area contributed by atoms with Gasteiger partial charge in [0.15, 0.2) is 11.5 Å². The summed E-state index contributed by atoms with van der Waals surface area (Å²) >= 11 is 12.1. The van der Waals surface area contributed by atoms with Crippen molar-refractivity contribution >= 4 is 35.2 Å². The molecule has 0 heterocycles. The first-order chi connectivity index (χ1) is 14.0. The number of amides is 1. The van der Waals surface area contributed by atoms with Gasteiger partial charge in [-0.05, 0) is 49.2 Å². The molecule has 0 saturated carbocycles. The van der Waals surface area contributed by atoms with Gasteiger partial charge in [0.1, 0.15) is 18.2 Å². The molecule has 1 amide bonds. The third-order valence-electron chi connectivity index (χ3n) is 3.88. The highest BCUT2D eigenvalue weighted by molar-refractivity contribution is 6.35. The summed E-state index contributed by atoms with van der Waals surface area (Å²) in [6.45, 7) is 5.01. The first-order valence-corrected chi connectivity index (χ1v) is 9.97. The molecular weight excluding hydrogens is 411 g/mol. The zero-order chi connectivity index (χ0) is 21.2. The molecule has 0 unspecified atom stereocenters. The second-order valence-corrected chi connectivity index (χ2v) is 6.93. The maximum absolute atomic E-state index is 12.1. The number of ether oxygens (including phenoxy) is 2. The van der Waals surface area contributed by atoms with Crippen molar-refractivity contribution in [2.75, 3.05) is 13.2 Å². The fraction of sp³-hybridized carbons (Fsp3) is 0.273. The Hall–Kier alpha value is -2.68. The largest absolute Gasteiger partial charge is 0.490 e. The van der Waals surface area contributed by atoms with E-state index < -0.39 is 5.91 Å². The molecular formula is C22H22Cl2N2O3. The lowest BCUT2D eigenvalue weighted by atomic mass is 10.1. The highest BCUT2D eigenvalue weighted by Crippen LogP contribution is 2.31. The Kier molecular flexibility index (Phi) is 8.85. The van der Waals surface area contributed by atoms with Gasteiger partial charge in [0.25, 0.3) is 5.91 Å². The van der Waals surface area contributed by atoms with Gasteiger partial charge in [0.2, 0.25) is 0 Å². The van der Waals surface area contributed by atoms with Crippen LogP contribution in [0, 0.1) is 11.3 Å². The third kappa shape index (κ3) is 6.70. The zero-order valence-corrected chi connectivity index (χ0v) is 17.8. The number of rotatable bonds is 9. The molecule has 2 aromatic rings. The second kappa shape index (κ2) is 11.4. The van der Waals surface area contributed by atoms with Crippen LogP contribution in [0.2, 0.25) is 10.0 Å². The number of benzene rings is 2. The van der Waals surface area contributed by atoms with E-state index in [0.717, 1.165) is 12.0 Å². The molecule has 0 atom stereocenters. The molecule has 0 saturated heterocycles.